The summed E-state index contributed by atoms with van der Waals surface area (Å²) in [6.07, 6.45) is 2.65. The molecule has 0 radical (unpaired) electrons. The summed E-state index contributed by atoms with van der Waals surface area (Å²) in [5.41, 5.74) is 1.43. The van der Waals surface area contributed by atoms with Crippen LogP contribution in [0.5, 0.6) is 0 Å². The summed E-state index contributed by atoms with van der Waals surface area (Å²) in [4.78, 5) is 17.1. The van der Waals surface area contributed by atoms with Crippen LogP contribution in [0.25, 0.3) is 11.2 Å². The van der Waals surface area contributed by atoms with Crippen molar-refractivity contribution in [2.75, 3.05) is 18.5 Å². The number of hydrogen-bond acceptors (Lipinski definition) is 5. The van der Waals surface area contributed by atoms with Gasteiger partial charge in [-0.1, -0.05) is 0 Å². The molecule has 80 valence electrons. The Morgan fingerprint density at radius 1 is 1.47 bits per heavy atom. The highest BCUT2D eigenvalue weighted by molar-refractivity contribution is 5.82. The van der Waals surface area contributed by atoms with E-state index in [1.807, 2.05) is 11.9 Å². The van der Waals surface area contributed by atoms with Gasteiger partial charge < -0.3 is 15.0 Å². The molecular formula is C9H13N5O. The smallest absolute Gasteiger partial charge is 0.182 e. The predicted octanol–water partition coefficient (Wildman–Crippen LogP) is 0.170. The first kappa shape index (κ1) is 9.85. The molecule has 0 spiro atoms. The monoisotopic (exact) mass is 207 g/mol. The number of rotatable bonds is 3. The first-order valence-corrected chi connectivity index (χ1v) is 4.71. The normalized spacial score (nSPS) is 13.0. The minimum atomic E-state index is -0.400. The molecule has 15 heavy (non-hydrogen) atoms. The number of hydrogen-bond donors (Lipinski definition) is 2. The maximum absolute atomic E-state index is 9.30. The van der Waals surface area contributed by atoms with Gasteiger partial charge in [-0.3, -0.25) is 0 Å². The van der Waals surface area contributed by atoms with Crippen molar-refractivity contribution in [2.24, 2.45) is 0 Å². The number of likely N-dealkylation sites (N-methyl/N-ethyl adjacent to an activating group) is 1. The molecular weight excluding hydrogens is 194 g/mol. The van der Waals surface area contributed by atoms with Crippen LogP contribution in [0.2, 0.25) is 0 Å². The fourth-order valence-electron chi connectivity index (χ4n) is 1.52. The topological polar surface area (TPSA) is 77.9 Å². The van der Waals surface area contributed by atoms with Crippen molar-refractivity contribution < 1.29 is 5.11 Å². The van der Waals surface area contributed by atoms with Gasteiger partial charge in [0.25, 0.3) is 0 Å². The average molecular weight is 207 g/mol. The molecule has 6 heteroatoms. The zero-order valence-corrected chi connectivity index (χ0v) is 8.68. The molecule has 6 nitrogen and oxygen atoms in total. The van der Waals surface area contributed by atoms with Crippen molar-refractivity contribution in [1.29, 1.82) is 0 Å². The van der Waals surface area contributed by atoms with Crippen LogP contribution in [0.4, 0.5) is 5.82 Å². The van der Waals surface area contributed by atoms with E-state index in [0.29, 0.717) is 12.2 Å². The number of imidazole rings is 1. The van der Waals surface area contributed by atoms with E-state index < -0.39 is 6.10 Å². The zero-order valence-electron chi connectivity index (χ0n) is 8.68. The molecule has 2 aromatic rings. The highest BCUT2D eigenvalue weighted by Gasteiger charge is 2.11. The molecule has 2 heterocycles. The fraction of sp³-hybridized carbons (Fsp3) is 0.444. The Kier molecular flexibility index (Phi) is 2.51. The highest BCUT2D eigenvalue weighted by atomic mass is 16.3. The van der Waals surface area contributed by atoms with Crippen molar-refractivity contribution in [3.05, 3.63) is 12.7 Å². The first-order chi connectivity index (χ1) is 7.18. The summed E-state index contributed by atoms with van der Waals surface area (Å²) in [7, 11) is 1.87. The van der Waals surface area contributed by atoms with Crippen molar-refractivity contribution in [1.82, 2.24) is 19.9 Å². The second-order valence-electron chi connectivity index (χ2n) is 3.53. The summed E-state index contributed by atoms with van der Waals surface area (Å²) >= 11 is 0. The van der Waals surface area contributed by atoms with Crippen LogP contribution in [-0.2, 0) is 0 Å². The molecule has 2 rings (SSSR count). The van der Waals surface area contributed by atoms with E-state index in [1.165, 1.54) is 6.33 Å². The standard InChI is InChI=1S/C9H13N5O/c1-6(15)3-14(2)9-7-8(11-4-10-7)12-5-13-9/h4-6,15H,3H2,1-2H3,(H,10,11,12,13). The van der Waals surface area contributed by atoms with Gasteiger partial charge in [0.15, 0.2) is 11.5 Å². The molecule has 0 aliphatic carbocycles. The predicted molar refractivity (Wildman–Crippen MR) is 56.6 cm³/mol. The summed E-state index contributed by atoms with van der Waals surface area (Å²) in [6, 6.07) is 0. The van der Waals surface area contributed by atoms with Gasteiger partial charge in [-0.05, 0) is 6.92 Å². The molecule has 0 saturated carbocycles. The number of H-pyrrole nitrogens is 1. The van der Waals surface area contributed by atoms with E-state index >= 15 is 0 Å². The van der Waals surface area contributed by atoms with Crippen LogP contribution >= 0.6 is 0 Å². The number of anilines is 1. The number of aromatic nitrogens is 4. The average Bonchev–Trinajstić information content (AvgIpc) is 2.63. The molecule has 0 aliphatic rings. The molecule has 0 aliphatic heterocycles. The van der Waals surface area contributed by atoms with E-state index in [-0.39, 0.29) is 0 Å². The highest BCUT2D eigenvalue weighted by Crippen LogP contribution is 2.17. The molecule has 2 aromatic heterocycles. The number of nitrogens with zero attached hydrogens (tertiary/aromatic N) is 4. The first-order valence-electron chi connectivity index (χ1n) is 4.71. The van der Waals surface area contributed by atoms with E-state index in [2.05, 4.69) is 19.9 Å². The lowest BCUT2D eigenvalue weighted by Crippen LogP contribution is -2.27. The van der Waals surface area contributed by atoms with Crippen molar-refractivity contribution in [3.8, 4) is 0 Å². The van der Waals surface area contributed by atoms with Gasteiger partial charge in [-0.2, -0.15) is 0 Å². The molecule has 2 N–H and O–H groups in total. The second-order valence-corrected chi connectivity index (χ2v) is 3.53. The Morgan fingerprint density at radius 3 is 3.00 bits per heavy atom. The van der Waals surface area contributed by atoms with Gasteiger partial charge in [0.1, 0.15) is 11.8 Å². The van der Waals surface area contributed by atoms with Gasteiger partial charge in [-0.25, -0.2) is 15.0 Å². The Morgan fingerprint density at radius 2 is 2.27 bits per heavy atom. The Hall–Kier alpha value is -1.69. The van der Waals surface area contributed by atoms with Crippen LogP contribution in [0.15, 0.2) is 12.7 Å². The van der Waals surface area contributed by atoms with Crippen LogP contribution in [0, 0.1) is 0 Å². The maximum Gasteiger partial charge on any atom is 0.182 e. The van der Waals surface area contributed by atoms with E-state index in [0.717, 1.165) is 11.3 Å². The van der Waals surface area contributed by atoms with E-state index in [9.17, 15) is 5.11 Å². The Labute approximate surface area is 87.0 Å². The number of fused-ring (bicyclic) bond motifs is 1. The SMILES string of the molecule is CC(O)CN(C)c1ncnc2nc[nH]c12. The van der Waals surface area contributed by atoms with Crippen molar-refractivity contribution >= 4 is 17.0 Å². The minimum Gasteiger partial charge on any atom is -0.392 e. The lowest BCUT2D eigenvalue weighted by molar-refractivity contribution is 0.201. The molecule has 0 saturated heterocycles. The molecule has 1 atom stereocenters. The maximum atomic E-state index is 9.30. The van der Waals surface area contributed by atoms with Crippen LogP contribution < -0.4 is 4.90 Å². The van der Waals surface area contributed by atoms with E-state index in [4.69, 9.17) is 0 Å². The van der Waals surface area contributed by atoms with Gasteiger partial charge >= 0.3 is 0 Å². The number of nitrogens with one attached hydrogen (secondary N) is 1. The van der Waals surface area contributed by atoms with Crippen LogP contribution in [0.3, 0.4) is 0 Å². The summed E-state index contributed by atoms with van der Waals surface area (Å²) in [5.74, 6) is 0.749. The summed E-state index contributed by atoms with van der Waals surface area (Å²) in [5, 5.41) is 9.30. The van der Waals surface area contributed by atoms with Gasteiger partial charge in [0.2, 0.25) is 0 Å². The number of aliphatic hydroxyl groups excluding tert-OH is 1. The second kappa shape index (κ2) is 3.82. The lowest BCUT2D eigenvalue weighted by atomic mass is 10.3. The Bertz CT molecular complexity index is 452. The third-order valence-corrected chi connectivity index (χ3v) is 2.10. The van der Waals surface area contributed by atoms with Crippen molar-refractivity contribution in [2.45, 2.75) is 13.0 Å². The van der Waals surface area contributed by atoms with Gasteiger partial charge in [0.05, 0.1) is 12.4 Å². The van der Waals surface area contributed by atoms with Crippen molar-refractivity contribution in [3.63, 3.8) is 0 Å². The molecule has 0 aromatic carbocycles. The van der Waals surface area contributed by atoms with Crippen LogP contribution in [-0.4, -0.2) is 44.7 Å². The minimum absolute atomic E-state index is 0.400. The third kappa shape index (κ3) is 1.89. The zero-order chi connectivity index (χ0) is 10.8. The van der Waals surface area contributed by atoms with E-state index in [1.54, 1.807) is 13.3 Å². The van der Waals surface area contributed by atoms with Gasteiger partial charge in [-0.15, -0.1) is 0 Å². The van der Waals surface area contributed by atoms with Crippen LogP contribution in [0.1, 0.15) is 6.92 Å². The van der Waals surface area contributed by atoms with Gasteiger partial charge in [0, 0.05) is 13.6 Å². The Balaban J connectivity index is 2.38. The third-order valence-electron chi connectivity index (χ3n) is 2.10. The molecule has 0 fully saturated rings. The number of aromatic amines is 1. The summed E-state index contributed by atoms with van der Waals surface area (Å²) in [6.45, 7) is 2.26. The molecule has 1 unspecified atom stereocenters. The quantitative estimate of drug-likeness (QED) is 0.750. The molecule has 0 amide bonds. The fourth-order valence-corrected chi connectivity index (χ4v) is 1.52. The summed E-state index contributed by atoms with van der Waals surface area (Å²) < 4.78 is 0. The molecule has 0 bridgehead atoms. The number of aliphatic hydroxyl groups is 1. The largest absolute Gasteiger partial charge is 0.392 e. The lowest BCUT2D eigenvalue weighted by Gasteiger charge is -2.19.